The molecule has 2 aromatic carbocycles. The number of rotatable bonds is 9. The molecular formula is C38H46F2N8O6. The summed E-state index contributed by atoms with van der Waals surface area (Å²) in [6, 6.07) is 6.48. The van der Waals surface area contributed by atoms with Crippen LogP contribution < -0.4 is 29.9 Å². The SMILES string of the molecule is CCc1c(F)ccc2cc(OCOC(=O)N(C)C)cc(N3CCc4c(nc(OC[C@@]56CCCN5C[C@H](F)C6)nc4N4CCC[C@]5(C4)NC(=O)NC5=O)C3)c12. The van der Waals surface area contributed by atoms with E-state index in [1.54, 1.807) is 20.2 Å². The number of hydrogen-bond donors (Lipinski definition) is 2. The summed E-state index contributed by atoms with van der Waals surface area (Å²) in [6.07, 6.45) is 2.90. The van der Waals surface area contributed by atoms with Crippen LogP contribution in [0.1, 0.15) is 55.8 Å². The Labute approximate surface area is 312 Å². The number of aryl methyl sites for hydroxylation is 1. The van der Waals surface area contributed by atoms with Crippen LogP contribution >= 0.6 is 0 Å². The number of anilines is 2. The topological polar surface area (TPSA) is 142 Å². The average molecular weight is 749 g/mol. The molecule has 0 bridgehead atoms. The summed E-state index contributed by atoms with van der Waals surface area (Å²) in [5.41, 5.74) is 1.45. The Bertz CT molecular complexity index is 2000. The number of nitrogens with zero attached hydrogens (tertiary/aromatic N) is 6. The highest BCUT2D eigenvalue weighted by Crippen LogP contribution is 2.42. The number of fused-ring (bicyclic) bond motifs is 3. The Morgan fingerprint density at radius 3 is 2.69 bits per heavy atom. The second-order valence-corrected chi connectivity index (χ2v) is 15.3. The number of halogens is 2. The third-order valence-electron chi connectivity index (χ3n) is 11.6. The molecule has 5 aliphatic rings. The van der Waals surface area contributed by atoms with Crippen molar-refractivity contribution < 1.29 is 37.4 Å². The van der Waals surface area contributed by atoms with Gasteiger partial charge in [0.15, 0.2) is 0 Å². The Morgan fingerprint density at radius 2 is 1.91 bits per heavy atom. The maximum Gasteiger partial charge on any atom is 0.412 e. The van der Waals surface area contributed by atoms with Gasteiger partial charge in [0, 0.05) is 62.9 Å². The molecule has 4 fully saturated rings. The highest BCUT2D eigenvalue weighted by Gasteiger charge is 2.51. The van der Waals surface area contributed by atoms with Crippen molar-refractivity contribution in [1.82, 2.24) is 30.4 Å². The molecule has 16 heteroatoms. The number of amides is 4. The van der Waals surface area contributed by atoms with Gasteiger partial charge in [0.05, 0.1) is 24.3 Å². The minimum Gasteiger partial charge on any atom is -0.461 e. The van der Waals surface area contributed by atoms with E-state index in [-0.39, 0.29) is 37.7 Å². The molecule has 1 aromatic heterocycles. The molecule has 14 nitrogen and oxygen atoms in total. The molecule has 1 spiro atoms. The van der Waals surface area contributed by atoms with Crippen LogP contribution in [0.5, 0.6) is 11.8 Å². The van der Waals surface area contributed by atoms with Crippen LogP contribution in [0.4, 0.5) is 29.9 Å². The summed E-state index contributed by atoms with van der Waals surface area (Å²) in [7, 11) is 3.17. The van der Waals surface area contributed by atoms with Gasteiger partial charge in [-0.25, -0.2) is 18.4 Å². The number of nitrogens with one attached hydrogen (secondary N) is 2. The number of ether oxygens (including phenoxy) is 3. The largest absolute Gasteiger partial charge is 0.461 e. The van der Waals surface area contributed by atoms with E-state index in [1.165, 1.54) is 11.0 Å². The number of benzene rings is 2. The summed E-state index contributed by atoms with van der Waals surface area (Å²) in [6.45, 7) is 4.79. The first-order valence-corrected chi connectivity index (χ1v) is 18.7. The second-order valence-electron chi connectivity index (χ2n) is 15.3. The molecule has 4 saturated heterocycles. The first-order chi connectivity index (χ1) is 26.0. The molecule has 0 unspecified atom stereocenters. The summed E-state index contributed by atoms with van der Waals surface area (Å²) in [5, 5.41) is 6.79. The molecular weight excluding hydrogens is 702 g/mol. The lowest BCUT2D eigenvalue weighted by atomic mass is 9.88. The number of piperidine rings is 1. The fourth-order valence-corrected chi connectivity index (χ4v) is 9.04. The van der Waals surface area contributed by atoms with E-state index in [0.29, 0.717) is 81.1 Å². The fourth-order valence-electron chi connectivity index (χ4n) is 9.04. The van der Waals surface area contributed by atoms with E-state index < -0.39 is 29.4 Å². The van der Waals surface area contributed by atoms with E-state index in [2.05, 4.69) is 20.4 Å². The third kappa shape index (κ3) is 6.47. The minimum absolute atomic E-state index is 0.165. The highest BCUT2D eigenvalue weighted by molar-refractivity contribution is 6.07. The van der Waals surface area contributed by atoms with Gasteiger partial charge in [-0.3, -0.25) is 15.0 Å². The Morgan fingerprint density at radius 1 is 1.07 bits per heavy atom. The van der Waals surface area contributed by atoms with Gasteiger partial charge >= 0.3 is 18.1 Å². The zero-order valence-electron chi connectivity index (χ0n) is 30.9. The first-order valence-electron chi connectivity index (χ1n) is 18.7. The lowest BCUT2D eigenvalue weighted by Crippen LogP contribution is -2.59. The molecule has 0 saturated carbocycles. The van der Waals surface area contributed by atoms with Crippen molar-refractivity contribution in [3.8, 4) is 11.8 Å². The number of urea groups is 1. The number of imide groups is 1. The zero-order chi connectivity index (χ0) is 37.8. The maximum absolute atomic E-state index is 15.4. The quantitative estimate of drug-likeness (QED) is 0.242. The average Bonchev–Trinajstić information content (AvgIpc) is 3.77. The van der Waals surface area contributed by atoms with Gasteiger partial charge in [0.1, 0.15) is 35.7 Å². The first kappa shape index (κ1) is 36.0. The predicted molar refractivity (Wildman–Crippen MR) is 195 cm³/mol. The standard InChI is InChI=1S/C38H46F2N8O6/c1-4-26-28(40)8-7-23-15-25(53-22-54-36(51)45(2)3)16-30(31(23)26)46-14-9-27-29(19-46)41-35(52-21-37-10-5-13-48(37)18-24(39)17-37)42-32(27)47-12-6-11-38(20-47)33(49)43-34(50)44-38/h7-8,15-16,24H,4-6,9-14,17-22H2,1-3H3,(H2,43,44,49,50)/t24-,37+,38-/m1/s1. The van der Waals surface area contributed by atoms with Gasteiger partial charge in [-0.15, -0.1) is 0 Å². The molecule has 0 aliphatic carbocycles. The Balaban J connectivity index is 1.16. The van der Waals surface area contributed by atoms with Crippen LogP contribution in [-0.2, 0) is 28.9 Å². The number of hydrogen-bond acceptors (Lipinski definition) is 11. The van der Waals surface area contributed by atoms with Crippen molar-refractivity contribution in [3.63, 3.8) is 0 Å². The van der Waals surface area contributed by atoms with Crippen molar-refractivity contribution in [2.75, 3.05) is 70.0 Å². The summed E-state index contributed by atoms with van der Waals surface area (Å²) in [5.74, 6) is 0.440. The molecule has 3 atom stereocenters. The highest BCUT2D eigenvalue weighted by atomic mass is 19.1. The third-order valence-corrected chi connectivity index (χ3v) is 11.6. The van der Waals surface area contributed by atoms with Crippen LogP contribution in [0.2, 0.25) is 0 Å². The Kier molecular flexibility index (Phi) is 9.35. The minimum atomic E-state index is -1.07. The Hall–Kier alpha value is -4.99. The molecule has 54 heavy (non-hydrogen) atoms. The molecule has 0 radical (unpaired) electrons. The van der Waals surface area contributed by atoms with Crippen molar-refractivity contribution in [2.45, 2.75) is 75.7 Å². The molecule has 288 valence electrons. The molecule has 8 rings (SSSR count). The van der Waals surface area contributed by atoms with E-state index in [4.69, 9.17) is 24.2 Å². The van der Waals surface area contributed by atoms with Gasteiger partial charge in [-0.05, 0) is 68.2 Å². The molecule has 6 heterocycles. The fraction of sp³-hybridized carbons (Fsp3) is 0.553. The lowest BCUT2D eigenvalue weighted by Gasteiger charge is -2.40. The van der Waals surface area contributed by atoms with Gasteiger partial charge < -0.3 is 34.2 Å². The number of alkyl halides is 1. The molecule has 3 aromatic rings. The van der Waals surface area contributed by atoms with Gasteiger partial charge in [-0.1, -0.05) is 13.0 Å². The van der Waals surface area contributed by atoms with Crippen molar-refractivity contribution >= 4 is 40.3 Å². The van der Waals surface area contributed by atoms with E-state index in [9.17, 15) is 18.8 Å². The number of carbonyl (C=O) groups excluding carboxylic acids is 3. The van der Waals surface area contributed by atoms with Gasteiger partial charge in [0.2, 0.25) is 6.79 Å². The summed E-state index contributed by atoms with van der Waals surface area (Å²) < 4.78 is 47.6. The molecule has 2 N–H and O–H groups in total. The number of aromatic nitrogens is 2. The zero-order valence-corrected chi connectivity index (χ0v) is 30.9. The van der Waals surface area contributed by atoms with Gasteiger partial charge in [0.25, 0.3) is 5.91 Å². The van der Waals surface area contributed by atoms with Crippen LogP contribution in [0, 0.1) is 5.82 Å². The molecule has 4 amide bonds. The number of carbonyl (C=O) groups is 3. The normalized spacial score (nSPS) is 25.1. The summed E-state index contributed by atoms with van der Waals surface area (Å²) >= 11 is 0. The van der Waals surface area contributed by atoms with Crippen LogP contribution in [0.3, 0.4) is 0 Å². The van der Waals surface area contributed by atoms with E-state index in [0.717, 1.165) is 41.4 Å². The second kappa shape index (κ2) is 14.0. The predicted octanol–water partition coefficient (Wildman–Crippen LogP) is 4.06. The van der Waals surface area contributed by atoms with Crippen LogP contribution in [0.25, 0.3) is 10.8 Å². The summed E-state index contributed by atoms with van der Waals surface area (Å²) in [4.78, 5) is 54.9. The van der Waals surface area contributed by atoms with Crippen molar-refractivity contribution in [1.29, 1.82) is 0 Å². The smallest absolute Gasteiger partial charge is 0.412 e. The monoisotopic (exact) mass is 748 g/mol. The van der Waals surface area contributed by atoms with E-state index >= 15 is 4.39 Å². The molecule has 5 aliphatic heterocycles. The lowest BCUT2D eigenvalue weighted by molar-refractivity contribution is -0.124. The van der Waals surface area contributed by atoms with E-state index in [1.807, 2.05) is 24.0 Å². The van der Waals surface area contributed by atoms with Crippen LogP contribution in [-0.4, -0.2) is 115 Å². The van der Waals surface area contributed by atoms with Crippen molar-refractivity contribution in [2.24, 2.45) is 0 Å². The van der Waals surface area contributed by atoms with Crippen molar-refractivity contribution in [3.05, 3.63) is 46.9 Å². The van der Waals surface area contributed by atoms with Crippen LogP contribution in [0.15, 0.2) is 24.3 Å². The van der Waals surface area contributed by atoms with Gasteiger partial charge in [-0.2, -0.15) is 9.97 Å². The maximum atomic E-state index is 15.4.